The van der Waals surface area contributed by atoms with Crippen molar-refractivity contribution < 1.29 is 0 Å². The van der Waals surface area contributed by atoms with Gasteiger partial charge in [0.15, 0.2) is 0 Å². The van der Waals surface area contributed by atoms with E-state index in [1.54, 1.807) is 0 Å². The molecule has 0 aliphatic heterocycles. The van der Waals surface area contributed by atoms with Gasteiger partial charge in [-0.15, -0.1) is 0 Å². The van der Waals surface area contributed by atoms with Gasteiger partial charge in [-0.25, -0.2) is 0 Å². The van der Waals surface area contributed by atoms with Crippen molar-refractivity contribution in [3.8, 4) is 0 Å². The summed E-state index contributed by atoms with van der Waals surface area (Å²) in [4.78, 5) is 0.690. The molecule has 0 aromatic rings. The van der Waals surface area contributed by atoms with Crippen LogP contribution in [0.15, 0.2) is 0 Å². The van der Waals surface area contributed by atoms with E-state index >= 15 is 0 Å². The molecule has 0 N–H and O–H groups in total. The molecular weight excluding hydrogens is 232 g/mol. The van der Waals surface area contributed by atoms with Crippen LogP contribution in [-0.2, 0) is 0 Å². The highest BCUT2D eigenvalue weighted by Gasteiger charge is 2.44. The summed E-state index contributed by atoms with van der Waals surface area (Å²) < 4.78 is 0.488. The Morgan fingerprint density at radius 1 is 1.62 bits per heavy atom. The average Bonchev–Trinajstić information content (AvgIpc) is 2.47. The third-order valence-electron chi connectivity index (χ3n) is 1.65. The van der Waals surface area contributed by atoms with Crippen molar-refractivity contribution in [3.63, 3.8) is 0 Å². The molecule has 8 heavy (non-hydrogen) atoms. The maximum atomic E-state index is 3.67. The van der Waals surface area contributed by atoms with Crippen molar-refractivity contribution in [2.24, 2.45) is 0 Å². The number of hydrogen-bond acceptors (Lipinski definition) is 0. The highest BCUT2D eigenvalue weighted by Crippen LogP contribution is 2.51. The highest BCUT2D eigenvalue weighted by atomic mass is 79.9. The number of hydrogen-bond donors (Lipinski definition) is 0. The molecule has 1 aliphatic rings. The lowest BCUT2D eigenvalue weighted by atomic mass is 10.2. The zero-order chi connectivity index (χ0) is 6.20. The predicted octanol–water partition coefficient (Wildman–Crippen LogP) is 3.09. The third kappa shape index (κ3) is 1.27. The maximum absolute atomic E-state index is 3.67. The van der Waals surface area contributed by atoms with Gasteiger partial charge in [0.2, 0.25) is 0 Å². The molecule has 0 heterocycles. The lowest BCUT2D eigenvalue weighted by Gasteiger charge is -2.10. The Balaban J connectivity index is 2.34. The Morgan fingerprint density at radius 2 is 2.12 bits per heavy atom. The molecule has 0 saturated heterocycles. The van der Waals surface area contributed by atoms with E-state index in [2.05, 4.69) is 38.8 Å². The highest BCUT2D eigenvalue weighted by molar-refractivity contribution is 9.12. The van der Waals surface area contributed by atoms with Crippen LogP contribution in [0.1, 0.15) is 26.2 Å². The minimum atomic E-state index is 0.488. The van der Waals surface area contributed by atoms with Crippen LogP contribution < -0.4 is 0 Å². The molecule has 0 spiro atoms. The van der Waals surface area contributed by atoms with E-state index < -0.39 is 0 Å². The monoisotopic (exact) mass is 240 g/mol. The van der Waals surface area contributed by atoms with Gasteiger partial charge in [-0.1, -0.05) is 38.8 Å². The molecule has 1 atom stereocenters. The number of alkyl halides is 2. The van der Waals surface area contributed by atoms with Crippen LogP contribution in [0.3, 0.4) is 0 Å². The molecule has 1 fully saturated rings. The maximum Gasteiger partial charge on any atom is 0.0383 e. The van der Waals surface area contributed by atoms with Crippen molar-refractivity contribution in [1.82, 2.24) is 0 Å². The van der Waals surface area contributed by atoms with Crippen LogP contribution in [0.2, 0.25) is 0 Å². The van der Waals surface area contributed by atoms with Gasteiger partial charge in [-0.2, -0.15) is 0 Å². The van der Waals surface area contributed by atoms with E-state index in [9.17, 15) is 0 Å². The minimum Gasteiger partial charge on any atom is -0.0876 e. The van der Waals surface area contributed by atoms with E-state index in [0.717, 1.165) is 0 Å². The van der Waals surface area contributed by atoms with Gasteiger partial charge in [-0.3, -0.25) is 0 Å². The molecule has 1 saturated carbocycles. The summed E-state index contributed by atoms with van der Waals surface area (Å²) in [5.41, 5.74) is 0. The van der Waals surface area contributed by atoms with Crippen LogP contribution in [0.5, 0.6) is 0 Å². The minimum absolute atomic E-state index is 0.488. The first-order chi connectivity index (χ1) is 3.69. The van der Waals surface area contributed by atoms with Gasteiger partial charge in [0.05, 0.1) is 0 Å². The Labute approximate surface area is 67.3 Å². The van der Waals surface area contributed by atoms with Gasteiger partial charge in [-0.05, 0) is 19.3 Å². The summed E-state index contributed by atoms with van der Waals surface area (Å²) in [6, 6.07) is 0. The number of rotatable bonds is 2. The van der Waals surface area contributed by atoms with Crippen LogP contribution in [-0.4, -0.2) is 9.15 Å². The molecule has 2 heteroatoms. The normalized spacial score (nSPS) is 27.4. The molecule has 1 aliphatic carbocycles. The van der Waals surface area contributed by atoms with Crippen LogP contribution in [0.4, 0.5) is 0 Å². The Bertz CT molecular complexity index is 86.5. The fraction of sp³-hybridized carbons (Fsp3) is 1.00. The van der Waals surface area contributed by atoms with E-state index in [-0.39, 0.29) is 0 Å². The SMILES string of the molecule is CCC(Br)C1(Br)CC1. The quantitative estimate of drug-likeness (QED) is 0.652. The van der Waals surface area contributed by atoms with E-state index in [0.29, 0.717) is 9.15 Å². The zero-order valence-electron chi connectivity index (χ0n) is 4.95. The zero-order valence-corrected chi connectivity index (χ0v) is 8.13. The second-order valence-electron chi connectivity index (χ2n) is 2.41. The second kappa shape index (κ2) is 2.30. The predicted molar refractivity (Wildman–Crippen MR) is 43.9 cm³/mol. The summed E-state index contributed by atoms with van der Waals surface area (Å²) in [6.07, 6.45) is 3.92. The molecule has 0 bridgehead atoms. The van der Waals surface area contributed by atoms with Gasteiger partial charge < -0.3 is 0 Å². The van der Waals surface area contributed by atoms with Crippen molar-refractivity contribution in [2.75, 3.05) is 0 Å². The smallest absolute Gasteiger partial charge is 0.0383 e. The first-order valence-corrected chi connectivity index (χ1v) is 4.73. The molecule has 0 aromatic carbocycles. The van der Waals surface area contributed by atoms with Gasteiger partial charge in [0.1, 0.15) is 0 Å². The standard InChI is InChI=1S/C6H10Br2/c1-2-5(7)6(8)3-4-6/h5H,2-4H2,1H3. The van der Waals surface area contributed by atoms with E-state index in [1.165, 1.54) is 19.3 Å². The molecule has 48 valence electrons. The first kappa shape index (κ1) is 7.07. The second-order valence-corrected chi connectivity index (χ2v) is 5.10. The topological polar surface area (TPSA) is 0 Å². The van der Waals surface area contributed by atoms with E-state index in [4.69, 9.17) is 0 Å². The van der Waals surface area contributed by atoms with Gasteiger partial charge >= 0.3 is 0 Å². The fourth-order valence-electron chi connectivity index (χ4n) is 0.798. The summed E-state index contributed by atoms with van der Waals surface area (Å²) in [7, 11) is 0. The summed E-state index contributed by atoms with van der Waals surface area (Å²) >= 11 is 7.28. The van der Waals surface area contributed by atoms with Crippen molar-refractivity contribution in [3.05, 3.63) is 0 Å². The van der Waals surface area contributed by atoms with Crippen LogP contribution in [0.25, 0.3) is 0 Å². The lowest BCUT2D eigenvalue weighted by molar-refractivity contribution is 0.793. The average molecular weight is 242 g/mol. The molecule has 0 aromatic heterocycles. The largest absolute Gasteiger partial charge is 0.0876 e. The van der Waals surface area contributed by atoms with Crippen molar-refractivity contribution in [2.45, 2.75) is 35.3 Å². The summed E-state index contributed by atoms with van der Waals surface area (Å²) in [5, 5.41) is 0. The fourth-order valence-corrected chi connectivity index (χ4v) is 1.78. The molecular formula is C6H10Br2. The van der Waals surface area contributed by atoms with Gasteiger partial charge in [0, 0.05) is 9.15 Å². The van der Waals surface area contributed by atoms with Crippen molar-refractivity contribution in [1.29, 1.82) is 0 Å². The molecule has 1 unspecified atom stereocenters. The number of halogens is 2. The van der Waals surface area contributed by atoms with Crippen LogP contribution >= 0.6 is 31.9 Å². The molecule has 1 rings (SSSR count). The van der Waals surface area contributed by atoms with E-state index in [1.807, 2.05) is 0 Å². The molecule has 0 amide bonds. The Kier molecular flexibility index (Phi) is 2.03. The van der Waals surface area contributed by atoms with Crippen LogP contribution in [0, 0.1) is 0 Å². The third-order valence-corrected chi connectivity index (χ3v) is 5.13. The van der Waals surface area contributed by atoms with Gasteiger partial charge in [0.25, 0.3) is 0 Å². The van der Waals surface area contributed by atoms with Crippen molar-refractivity contribution >= 4 is 31.9 Å². The molecule has 0 radical (unpaired) electrons. The summed E-state index contributed by atoms with van der Waals surface area (Å²) in [6.45, 7) is 2.21. The lowest BCUT2D eigenvalue weighted by Crippen LogP contribution is -2.12. The Morgan fingerprint density at radius 3 is 2.25 bits per heavy atom. The summed E-state index contributed by atoms with van der Waals surface area (Å²) in [5.74, 6) is 0. The first-order valence-electron chi connectivity index (χ1n) is 3.02. The Hall–Kier alpha value is 0.960. The molecule has 0 nitrogen and oxygen atoms in total.